The van der Waals surface area contributed by atoms with Gasteiger partial charge in [0.2, 0.25) is 11.8 Å². The van der Waals surface area contributed by atoms with Crippen LogP contribution in [0.4, 0.5) is 5.82 Å². The lowest BCUT2D eigenvalue weighted by molar-refractivity contribution is -0.325. The number of fused-ring (bicyclic) bond motifs is 1. The van der Waals surface area contributed by atoms with Gasteiger partial charge in [0.1, 0.15) is 55.2 Å². The second-order valence-corrected chi connectivity index (χ2v) is 15.3. The van der Waals surface area contributed by atoms with Crippen LogP contribution in [0.15, 0.2) is 18.6 Å². The first-order chi connectivity index (χ1) is 27.7. The van der Waals surface area contributed by atoms with Gasteiger partial charge in [0, 0.05) is 53.5 Å². The highest BCUT2D eigenvalue weighted by Crippen LogP contribution is 2.32. The molecule has 0 aromatic carbocycles. The van der Waals surface area contributed by atoms with Crippen LogP contribution < -0.4 is 20.9 Å². The van der Waals surface area contributed by atoms with Crippen LogP contribution >= 0.6 is 12.2 Å². The van der Waals surface area contributed by atoms with Crippen LogP contribution in [0.25, 0.3) is 11.0 Å². The lowest BCUT2D eigenvalue weighted by Crippen LogP contribution is -2.68. The van der Waals surface area contributed by atoms with E-state index >= 15 is 0 Å². The molecule has 3 amide bonds. The summed E-state index contributed by atoms with van der Waals surface area (Å²) in [5.41, 5.74) is 0.608. The number of methoxy groups -OCH3 is 1. The maximum absolute atomic E-state index is 13.4. The van der Waals surface area contributed by atoms with E-state index in [9.17, 15) is 34.8 Å². The molecule has 58 heavy (non-hydrogen) atoms. The molecule has 5 heterocycles. The van der Waals surface area contributed by atoms with Gasteiger partial charge >= 0.3 is 0 Å². The summed E-state index contributed by atoms with van der Waals surface area (Å²) in [7, 11) is 3.20. The maximum Gasteiger partial charge on any atom is 0.252 e. The van der Waals surface area contributed by atoms with E-state index < -0.39 is 79.6 Å². The Morgan fingerprint density at radius 2 is 1.81 bits per heavy atom. The van der Waals surface area contributed by atoms with Crippen molar-refractivity contribution in [3.8, 4) is 6.07 Å². The molecule has 2 aromatic rings. The number of aromatic nitrogens is 3. The Morgan fingerprint density at radius 3 is 2.48 bits per heavy atom. The molecule has 7 N–H and O–H groups in total. The van der Waals surface area contributed by atoms with E-state index in [1.807, 2.05) is 25.4 Å². The first kappa shape index (κ1) is 45.0. The number of carbonyl (C=O) groups excluding carboxylic acids is 3. The largest absolute Gasteiger partial charge is 0.394 e. The number of nitriles is 1. The van der Waals surface area contributed by atoms with Crippen molar-refractivity contribution in [2.45, 2.75) is 114 Å². The van der Waals surface area contributed by atoms with Crippen molar-refractivity contribution in [1.82, 2.24) is 35.4 Å². The zero-order chi connectivity index (χ0) is 42.3. The third-order valence-corrected chi connectivity index (χ3v) is 11.4. The molecule has 0 radical (unpaired) electrons. The van der Waals surface area contributed by atoms with Crippen LogP contribution in [-0.4, -0.2) is 177 Å². The molecule has 0 spiro atoms. The topological polar surface area (TPSA) is 266 Å². The average Bonchev–Trinajstić information content (AvgIpc) is 3.64. The van der Waals surface area contributed by atoms with E-state index in [0.717, 1.165) is 11.8 Å². The van der Waals surface area contributed by atoms with Gasteiger partial charge in [-0.15, -0.1) is 0 Å². The van der Waals surface area contributed by atoms with Gasteiger partial charge < -0.3 is 65.1 Å². The molecule has 3 aliphatic heterocycles. The number of rotatable bonds is 14. The number of unbranched alkanes of at least 4 members (excludes halogenated alkanes) is 1. The van der Waals surface area contributed by atoms with Gasteiger partial charge in [-0.05, 0) is 50.4 Å². The number of carbonyl (C=O) groups is 3. The highest BCUT2D eigenvalue weighted by Gasteiger charge is 2.52. The second-order valence-electron chi connectivity index (χ2n) is 15.0. The number of hydrogen-bond donors (Lipinski definition) is 7. The lowest BCUT2D eigenvalue weighted by Gasteiger charge is -2.47. The smallest absolute Gasteiger partial charge is 0.252 e. The number of thiocarbonyl (C=S) groups is 1. The van der Waals surface area contributed by atoms with Crippen LogP contribution in [-0.2, 0) is 33.3 Å². The number of ether oxygens (including phenoxy) is 4. The van der Waals surface area contributed by atoms with E-state index in [0.29, 0.717) is 49.1 Å². The quantitative estimate of drug-likeness (QED) is 0.0812. The van der Waals surface area contributed by atoms with Crippen molar-refractivity contribution < 1.29 is 53.8 Å². The maximum atomic E-state index is 13.4. The van der Waals surface area contributed by atoms with Gasteiger partial charge in [-0.2, -0.15) is 5.26 Å². The number of likely N-dealkylation sites (N-methyl/N-ethyl adjacent to an activating group) is 1. The minimum atomic E-state index is -1.70. The zero-order valence-corrected chi connectivity index (χ0v) is 34.1. The Morgan fingerprint density at radius 1 is 1.09 bits per heavy atom. The van der Waals surface area contributed by atoms with Crippen LogP contribution in [0.5, 0.6) is 0 Å². The fourth-order valence-electron chi connectivity index (χ4n) is 7.80. The lowest BCUT2D eigenvalue weighted by atomic mass is 9.92. The molecule has 0 aliphatic carbocycles. The Hall–Kier alpha value is -4.11. The molecule has 0 bridgehead atoms. The highest BCUT2D eigenvalue weighted by molar-refractivity contribution is 7.80. The van der Waals surface area contributed by atoms with Crippen molar-refractivity contribution in [2.24, 2.45) is 5.92 Å². The van der Waals surface area contributed by atoms with Crippen LogP contribution in [0.3, 0.4) is 0 Å². The third-order valence-electron chi connectivity index (χ3n) is 11.1. The second kappa shape index (κ2) is 20.2. The molecule has 3 fully saturated rings. The minimum absolute atomic E-state index is 0.0145. The van der Waals surface area contributed by atoms with E-state index in [1.165, 1.54) is 20.4 Å². The zero-order valence-electron chi connectivity index (χ0n) is 33.3. The molecular formula is C37H55N9O11S. The molecule has 320 valence electrons. The summed E-state index contributed by atoms with van der Waals surface area (Å²) in [6.45, 7) is 6.27. The fourth-order valence-corrected chi connectivity index (χ4v) is 8.05. The summed E-state index contributed by atoms with van der Waals surface area (Å²) >= 11 is 5.70. The molecule has 20 nitrogen and oxygen atoms in total. The third kappa shape index (κ3) is 10.0. The monoisotopic (exact) mass is 833 g/mol. The predicted molar refractivity (Wildman–Crippen MR) is 210 cm³/mol. The first-order valence-electron chi connectivity index (χ1n) is 19.4. The van der Waals surface area contributed by atoms with Gasteiger partial charge in [-0.1, -0.05) is 6.92 Å². The number of likely N-dealkylation sites (tertiary alicyclic amines) is 1. The minimum Gasteiger partial charge on any atom is -0.394 e. The van der Waals surface area contributed by atoms with Gasteiger partial charge in [0.05, 0.1) is 36.2 Å². The molecule has 5 rings (SSSR count). The number of nitrogens with zero attached hydrogens (tertiary/aromatic N) is 6. The number of aliphatic hydroxyl groups is 4. The number of piperidine rings is 1. The van der Waals surface area contributed by atoms with Crippen molar-refractivity contribution in [3.63, 3.8) is 0 Å². The standard InChI is InChI=1S/C37H55N9O11S/c1-19-9-14-45(25(49)8-11-38)16-23(19)44(4)33-22-10-15-46(34(22)42-18-41-33)37(58)40-13-7-6-12-39-35(53)32-31(54-5)28(51)29(52)36(57-32)56-30-26(43-21(3)48)20(2)55-24(17-47)27(30)50/h10,15,18-20,23-24,26-32,36,47,50-52H,6-9,12-14,16-17H2,1-5H3,(H,39,53)(H,40,58)(H,43,48)/t19-,20+,23+,24?,26?,27-,28-,29?,30-,31+,32?,36-/m1/s1. The van der Waals surface area contributed by atoms with E-state index in [1.54, 1.807) is 16.4 Å². The normalized spacial score (nSPS) is 31.3. The molecule has 0 saturated carbocycles. The fraction of sp³-hybridized carbons (Fsp3) is 0.703. The molecule has 2 aromatic heterocycles. The number of hydrogen-bond acceptors (Lipinski definition) is 16. The summed E-state index contributed by atoms with van der Waals surface area (Å²) in [6, 6.07) is 2.90. The van der Waals surface area contributed by atoms with Crippen molar-refractivity contribution in [1.29, 1.82) is 5.26 Å². The van der Waals surface area contributed by atoms with Crippen LogP contribution in [0.2, 0.25) is 0 Å². The predicted octanol–water partition coefficient (Wildman–Crippen LogP) is -1.87. The molecule has 12 atom stereocenters. The summed E-state index contributed by atoms with van der Waals surface area (Å²) in [6.07, 6.45) is -7.03. The van der Waals surface area contributed by atoms with Crippen molar-refractivity contribution >= 4 is 51.9 Å². The Bertz CT molecular complexity index is 1800. The van der Waals surface area contributed by atoms with Crippen LogP contribution in [0, 0.1) is 17.2 Å². The van der Waals surface area contributed by atoms with Gasteiger partial charge in [-0.25, -0.2) is 9.97 Å². The molecule has 3 saturated heterocycles. The van der Waals surface area contributed by atoms with Gasteiger partial charge in [0.15, 0.2) is 23.2 Å². The summed E-state index contributed by atoms with van der Waals surface area (Å²) in [5.74, 6) is -0.271. The molecular weight excluding hydrogens is 779 g/mol. The Labute approximate surface area is 341 Å². The molecule has 21 heteroatoms. The molecule has 4 unspecified atom stereocenters. The number of anilines is 1. The van der Waals surface area contributed by atoms with Gasteiger partial charge in [-0.3, -0.25) is 19.0 Å². The van der Waals surface area contributed by atoms with Crippen molar-refractivity contribution in [3.05, 3.63) is 18.6 Å². The number of amides is 3. The Balaban J connectivity index is 1.13. The van der Waals surface area contributed by atoms with E-state index in [-0.39, 0.29) is 30.8 Å². The number of nitrogens with one attached hydrogen (secondary N) is 3. The van der Waals surface area contributed by atoms with E-state index in [2.05, 4.69) is 37.7 Å². The summed E-state index contributed by atoms with van der Waals surface area (Å²) in [4.78, 5) is 50.6. The molecule has 3 aliphatic rings. The van der Waals surface area contributed by atoms with Crippen molar-refractivity contribution in [2.75, 3.05) is 51.8 Å². The Kier molecular flexibility index (Phi) is 15.7. The number of aliphatic hydroxyl groups excluding tert-OH is 4. The summed E-state index contributed by atoms with van der Waals surface area (Å²) in [5, 5.41) is 61.3. The highest BCUT2D eigenvalue weighted by atomic mass is 32.1. The SMILES string of the molecule is CO[C@@H]1C(C(=O)NCCCCNC(=S)n2ccc3c(N(C)[C@H]4CN(C(=O)CC#N)CC[C@H]4C)ncnc32)O[C@@H](O[C@@H]2C(NC(C)=O)[C@H](C)OC(CO)[C@H]2O)C(O)[C@H]1O. The van der Waals surface area contributed by atoms with E-state index in [4.69, 9.17) is 36.4 Å². The average molecular weight is 834 g/mol. The van der Waals surface area contributed by atoms with Crippen LogP contribution in [0.1, 0.15) is 46.5 Å². The first-order valence-corrected chi connectivity index (χ1v) is 19.8. The van der Waals surface area contributed by atoms with Gasteiger partial charge in [0.25, 0.3) is 5.91 Å². The summed E-state index contributed by atoms with van der Waals surface area (Å²) < 4.78 is 24.5.